The van der Waals surface area contributed by atoms with E-state index in [9.17, 15) is 17.6 Å². The van der Waals surface area contributed by atoms with Crippen molar-refractivity contribution in [2.24, 2.45) is 0 Å². The van der Waals surface area contributed by atoms with E-state index in [0.29, 0.717) is 5.56 Å². The minimum Gasteiger partial charge on any atom is -0.439 e. The van der Waals surface area contributed by atoms with Gasteiger partial charge in [0.25, 0.3) is 6.01 Å². The van der Waals surface area contributed by atoms with Crippen molar-refractivity contribution in [1.29, 1.82) is 0 Å². The second kappa shape index (κ2) is 5.28. The minimum absolute atomic E-state index is 0.0388. The van der Waals surface area contributed by atoms with Crippen LogP contribution in [0.15, 0.2) is 45.9 Å². The van der Waals surface area contributed by atoms with E-state index in [1.165, 1.54) is 36.6 Å². The van der Waals surface area contributed by atoms with Gasteiger partial charge in [-0.3, -0.25) is 4.79 Å². The second-order valence-electron chi connectivity index (χ2n) is 5.63. The quantitative estimate of drug-likeness (QED) is 0.859. The van der Waals surface area contributed by atoms with Gasteiger partial charge in [0.2, 0.25) is 0 Å². The molecule has 1 fully saturated rings. The molecule has 2 aromatic rings. The minimum atomic E-state index is -3.35. The van der Waals surface area contributed by atoms with Gasteiger partial charge in [0, 0.05) is 12.7 Å². The van der Waals surface area contributed by atoms with Gasteiger partial charge in [0.15, 0.2) is 15.6 Å². The Bertz CT molecular complexity index is 853. The highest BCUT2D eigenvalue weighted by molar-refractivity contribution is 7.90. The summed E-state index contributed by atoms with van der Waals surface area (Å²) in [5.74, 6) is -0.155. The van der Waals surface area contributed by atoms with E-state index >= 15 is 0 Å². The average molecular weight is 338 g/mol. The molecule has 1 saturated heterocycles. The standard InChI is InChI=1S/C16H15FO5S/c1-10-14(18)9-16(22-10,13-7-8-21-15(13)17)11-3-5-12(6-4-11)23(2,19)20/h3-8,10H,9H2,1-2H3. The number of ketones is 1. The molecule has 2 heterocycles. The molecule has 0 radical (unpaired) electrons. The third-order valence-corrected chi connectivity index (χ3v) is 5.18. The molecule has 122 valence electrons. The molecule has 0 saturated carbocycles. The van der Waals surface area contributed by atoms with Crippen molar-refractivity contribution in [3.05, 3.63) is 53.7 Å². The summed E-state index contributed by atoms with van der Waals surface area (Å²) in [4.78, 5) is 12.2. The van der Waals surface area contributed by atoms with Crippen molar-refractivity contribution in [2.75, 3.05) is 6.26 Å². The monoisotopic (exact) mass is 338 g/mol. The van der Waals surface area contributed by atoms with Crippen LogP contribution in [0.1, 0.15) is 24.5 Å². The van der Waals surface area contributed by atoms with E-state index in [0.717, 1.165) is 6.26 Å². The van der Waals surface area contributed by atoms with E-state index in [1.54, 1.807) is 6.92 Å². The Morgan fingerprint density at radius 2 is 1.87 bits per heavy atom. The van der Waals surface area contributed by atoms with Gasteiger partial charge in [-0.25, -0.2) is 8.42 Å². The lowest BCUT2D eigenvalue weighted by Crippen LogP contribution is -2.28. The lowest BCUT2D eigenvalue weighted by Gasteiger charge is -2.28. The molecule has 2 atom stereocenters. The van der Waals surface area contributed by atoms with Crippen LogP contribution in [0, 0.1) is 6.01 Å². The number of rotatable bonds is 3. The number of Topliss-reactive ketones (excluding diaryl/α,β-unsaturated/α-hetero) is 1. The second-order valence-corrected chi connectivity index (χ2v) is 7.65. The van der Waals surface area contributed by atoms with E-state index in [1.807, 2.05) is 0 Å². The van der Waals surface area contributed by atoms with Crippen molar-refractivity contribution in [1.82, 2.24) is 0 Å². The largest absolute Gasteiger partial charge is 0.439 e. The number of benzene rings is 1. The van der Waals surface area contributed by atoms with Crippen LogP contribution in [0.3, 0.4) is 0 Å². The van der Waals surface area contributed by atoms with Gasteiger partial charge >= 0.3 is 0 Å². The Morgan fingerprint density at radius 3 is 2.30 bits per heavy atom. The number of carbonyl (C=O) groups is 1. The van der Waals surface area contributed by atoms with Crippen LogP contribution in [0.5, 0.6) is 0 Å². The zero-order chi connectivity index (χ0) is 16.8. The first kappa shape index (κ1) is 15.9. The summed E-state index contributed by atoms with van der Waals surface area (Å²) in [5.41, 5.74) is -0.672. The third kappa shape index (κ3) is 2.60. The van der Waals surface area contributed by atoms with Gasteiger partial charge in [0.1, 0.15) is 11.7 Å². The summed E-state index contributed by atoms with van der Waals surface area (Å²) in [6.45, 7) is 1.60. The number of carbonyl (C=O) groups excluding carboxylic acids is 1. The Hall–Kier alpha value is -1.99. The maximum atomic E-state index is 14.0. The Labute approximate surface area is 133 Å². The fraction of sp³-hybridized carbons (Fsp3) is 0.312. The summed E-state index contributed by atoms with van der Waals surface area (Å²) < 4.78 is 47.7. The normalized spacial score (nSPS) is 25.0. The summed E-state index contributed by atoms with van der Waals surface area (Å²) in [7, 11) is -3.35. The number of halogens is 1. The summed E-state index contributed by atoms with van der Waals surface area (Å²) in [6, 6.07) is 6.51. The Morgan fingerprint density at radius 1 is 1.22 bits per heavy atom. The number of ether oxygens (including phenoxy) is 1. The Balaban J connectivity index is 2.14. The molecule has 0 aliphatic carbocycles. The van der Waals surface area contributed by atoms with Gasteiger partial charge < -0.3 is 9.15 Å². The molecular weight excluding hydrogens is 323 g/mol. The molecule has 0 amide bonds. The van der Waals surface area contributed by atoms with Gasteiger partial charge in [0.05, 0.1) is 16.7 Å². The highest BCUT2D eigenvalue weighted by atomic mass is 32.2. The molecule has 2 unspecified atom stereocenters. The van der Waals surface area contributed by atoms with Crippen LogP contribution in [-0.4, -0.2) is 26.6 Å². The van der Waals surface area contributed by atoms with Crippen LogP contribution < -0.4 is 0 Å². The van der Waals surface area contributed by atoms with Crippen LogP contribution >= 0.6 is 0 Å². The zero-order valence-electron chi connectivity index (χ0n) is 12.6. The highest BCUT2D eigenvalue weighted by Gasteiger charge is 2.49. The van der Waals surface area contributed by atoms with Crippen molar-refractivity contribution in [3.8, 4) is 0 Å². The first-order valence-electron chi connectivity index (χ1n) is 6.98. The fourth-order valence-corrected chi connectivity index (χ4v) is 3.47. The molecular formula is C16H15FO5S. The van der Waals surface area contributed by atoms with Crippen LogP contribution in [-0.2, 0) is 25.0 Å². The molecule has 3 rings (SSSR count). The van der Waals surface area contributed by atoms with Crippen molar-refractivity contribution >= 4 is 15.6 Å². The van der Waals surface area contributed by atoms with Crippen LogP contribution in [0.25, 0.3) is 0 Å². The smallest absolute Gasteiger partial charge is 0.284 e. The lowest BCUT2D eigenvalue weighted by atomic mass is 9.85. The molecule has 0 spiro atoms. The molecule has 1 aliphatic rings. The van der Waals surface area contributed by atoms with Gasteiger partial charge in [-0.1, -0.05) is 12.1 Å². The lowest BCUT2D eigenvalue weighted by molar-refractivity contribution is -0.122. The van der Waals surface area contributed by atoms with Gasteiger partial charge in [-0.05, 0) is 30.7 Å². The molecule has 1 aromatic heterocycles. The third-order valence-electron chi connectivity index (χ3n) is 4.06. The van der Waals surface area contributed by atoms with E-state index in [-0.39, 0.29) is 22.7 Å². The van der Waals surface area contributed by atoms with E-state index in [4.69, 9.17) is 9.15 Å². The number of furan rings is 1. The number of sulfone groups is 1. The topological polar surface area (TPSA) is 73.6 Å². The maximum Gasteiger partial charge on any atom is 0.284 e. The average Bonchev–Trinajstić information content (AvgIpc) is 3.03. The highest BCUT2D eigenvalue weighted by Crippen LogP contribution is 2.44. The summed E-state index contributed by atoms with van der Waals surface area (Å²) in [6.07, 6.45) is 1.57. The molecule has 7 heteroatoms. The Kier molecular flexibility index (Phi) is 3.65. The number of hydrogen-bond donors (Lipinski definition) is 0. The van der Waals surface area contributed by atoms with E-state index < -0.39 is 27.6 Å². The summed E-state index contributed by atoms with van der Waals surface area (Å²) in [5, 5.41) is 0. The maximum absolute atomic E-state index is 14.0. The van der Waals surface area contributed by atoms with Crippen molar-refractivity contribution < 1.29 is 26.8 Å². The fourth-order valence-electron chi connectivity index (χ4n) is 2.84. The first-order chi connectivity index (χ1) is 10.7. The zero-order valence-corrected chi connectivity index (χ0v) is 13.4. The molecule has 1 aliphatic heterocycles. The first-order valence-corrected chi connectivity index (χ1v) is 8.88. The molecule has 0 N–H and O–H groups in total. The van der Waals surface area contributed by atoms with Crippen molar-refractivity contribution in [3.63, 3.8) is 0 Å². The van der Waals surface area contributed by atoms with Crippen molar-refractivity contribution in [2.45, 2.75) is 29.9 Å². The predicted molar refractivity (Wildman–Crippen MR) is 79.2 cm³/mol. The SMILES string of the molecule is CC1OC(c2ccc(S(C)(=O)=O)cc2)(c2ccoc2F)CC1=O. The predicted octanol–water partition coefficient (Wildman–Crippen LogP) is 2.44. The molecule has 0 bridgehead atoms. The van der Waals surface area contributed by atoms with Crippen LogP contribution in [0.2, 0.25) is 0 Å². The van der Waals surface area contributed by atoms with Gasteiger partial charge in [-0.2, -0.15) is 4.39 Å². The van der Waals surface area contributed by atoms with E-state index in [2.05, 4.69) is 0 Å². The molecule has 5 nitrogen and oxygen atoms in total. The van der Waals surface area contributed by atoms with Gasteiger partial charge in [-0.15, -0.1) is 0 Å². The van der Waals surface area contributed by atoms with Crippen LogP contribution in [0.4, 0.5) is 4.39 Å². The molecule has 1 aromatic carbocycles. The number of hydrogen-bond acceptors (Lipinski definition) is 5. The summed E-state index contributed by atoms with van der Waals surface area (Å²) >= 11 is 0. The molecule has 23 heavy (non-hydrogen) atoms.